The minimum absolute atomic E-state index is 0.193. The van der Waals surface area contributed by atoms with Gasteiger partial charge in [0.25, 0.3) is 5.91 Å². The van der Waals surface area contributed by atoms with Crippen molar-refractivity contribution in [2.45, 2.75) is 19.4 Å². The summed E-state index contributed by atoms with van der Waals surface area (Å²) < 4.78 is 10.9. The van der Waals surface area contributed by atoms with Crippen molar-refractivity contribution in [2.75, 3.05) is 13.7 Å². The SMILES string of the molecule is CCOc1ccc2cc([C@H]3CC(c4ccc(OC)cc4)=NN3C(=O)c3ccccc3)c(Cl)nc2c1. The lowest BCUT2D eigenvalue weighted by Crippen LogP contribution is -2.27. The minimum Gasteiger partial charge on any atom is -0.497 e. The van der Waals surface area contributed by atoms with E-state index in [-0.39, 0.29) is 5.91 Å². The van der Waals surface area contributed by atoms with Crippen LogP contribution in [0.25, 0.3) is 10.9 Å². The van der Waals surface area contributed by atoms with Crippen LogP contribution >= 0.6 is 11.6 Å². The van der Waals surface area contributed by atoms with E-state index in [2.05, 4.69) is 4.98 Å². The normalized spacial score (nSPS) is 15.2. The van der Waals surface area contributed by atoms with E-state index in [1.165, 1.54) is 5.01 Å². The Kier molecular flexibility index (Phi) is 6.38. The van der Waals surface area contributed by atoms with Gasteiger partial charge in [-0.2, -0.15) is 5.10 Å². The van der Waals surface area contributed by atoms with Crippen LogP contribution in [0.3, 0.4) is 0 Å². The fourth-order valence-corrected chi connectivity index (χ4v) is 4.51. The van der Waals surface area contributed by atoms with E-state index in [0.29, 0.717) is 23.7 Å². The summed E-state index contributed by atoms with van der Waals surface area (Å²) in [5.74, 6) is 1.31. The number of methoxy groups -OCH3 is 1. The van der Waals surface area contributed by atoms with Crippen LogP contribution in [-0.2, 0) is 0 Å². The van der Waals surface area contributed by atoms with Crippen molar-refractivity contribution >= 4 is 34.1 Å². The van der Waals surface area contributed by atoms with E-state index in [1.54, 1.807) is 19.2 Å². The van der Waals surface area contributed by atoms with Crippen molar-refractivity contribution in [1.82, 2.24) is 9.99 Å². The van der Waals surface area contributed by atoms with Crippen LogP contribution in [0.4, 0.5) is 0 Å². The zero-order chi connectivity index (χ0) is 24.4. The summed E-state index contributed by atoms with van der Waals surface area (Å²) in [6.45, 7) is 2.51. The summed E-state index contributed by atoms with van der Waals surface area (Å²) in [4.78, 5) is 18.1. The third-order valence-electron chi connectivity index (χ3n) is 6.00. The van der Waals surface area contributed by atoms with Gasteiger partial charge in [0.15, 0.2) is 0 Å². The Morgan fingerprint density at radius 2 is 1.77 bits per heavy atom. The number of carbonyl (C=O) groups is 1. The first kappa shape index (κ1) is 22.9. The number of amides is 1. The molecule has 1 amide bonds. The van der Waals surface area contributed by atoms with E-state index in [4.69, 9.17) is 26.2 Å². The quantitative estimate of drug-likeness (QED) is 0.301. The molecule has 1 aliphatic rings. The van der Waals surface area contributed by atoms with E-state index in [9.17, 15) is 4.79 Å². The van der Waals surface area contributed by atoms with Gasteiger partial charge in [-0.05, 0) is 67.1 Å². The lowest BCUT2D eigenvalue weighted by molar-refractivity contribution is 0.0711. The molecule has 0 unspecified atom stereocenters. The van der Waals surface area contributed by atoms with Crippen LogP contribution in [0, 0.1) is 0 Å². The monoisotopic (exact) mass is 485 g/mol. The first-order chi connectivity index (χ1) is 17.1. The highest BCUT2D eigenvalue weighted by Gasteiger charge is 2.35. The highest BCUT2D eigenvalue weighted by atomic mass is 35.5. The molecule has 0 fully saturated rings. The lowest BCUT2D eigenvalue weighted by Gasteiger charge is -2.23. The molecule has 2 heterocycles. The van der Waals surface area contributed by atoms with Gasteiger partial charge in [0.1, 0.15) is 16.7 Å². The molecule has 0 N–H and O–H groups in total. The molecule has 0 saturated carbocycles. The largest absolute Gasteiger partial charge is 0.497 e. The highest BCUT2D eigenvalue weighted by Crippen LogP contribution is 2.38. The Morgan fingerprint density at radius 3 is 2.49 bits per heavy atom. The fraction of sp³-hybridized carbons (Fsp3) is 0.179. The maximum Gasteiger partial charge on any atom is 0.274 e. The number of hydrogen-bond acceptors (Lipinski definition) is 5. The van der Waals surface area contributed by atoms with E-state index in [0.717, 1.165) is 39.2 Å². The average Bonchev–Trinajstić information content (AvgIpc) is 3.34. The molecule has 5 rings (SSSR count). The number of hydrazone groups is 1. The second-order valence-electron chi connectivity index (χ2n) is 8.17. The lowest BCUT2D eigenvalue weighted by atomic mass is 9.98. The maximum atomic E-state index is 13.5. The van der Waals surface area contributed by atoms with Gasteiger partial charge in [0.05, 0.1) is 31.0 Å². The Bertz CT molecular complexity index is 1400. The van der Waals surface area contributed by atoms with Crippen LogP contribution in [-0.4, -0.2) is 35.3 Å². The molecule has 0 radical (unpaired) electrons. The number of rotatable bonds is 6. The third kappa shape index (κ3) is 4.57. The van der Waals surface area contributed by atoms with Gasteiger partial charge in [-0.1, -0.05) is 29.8 Å². The van der Waals surface area contributed by atoms with Gasteiger partial charge >= 0.3 is 0 Å². The molecule has 1 atom stereocenters. The Labute approximate surface area is 208 Å². The smallest absolute Gasteiger partial charge is 0.274 e. The van der Waals surface area contributed by atoms with Crippen molar-refractivity contribution in [3.8, 4) is 11.5 Å². The van der Waals surface area contributed by atoms with Gasteiger partial charge in [-0.25, -0.2) is 9.99 Å². The molecule has 35 heavy (non-hydrogen) atoms. The molecule has 3 aromatic carbocycles. The minimum atomic E-state index is -0.393. The molecule has 4 aromatic rings. The number of hydrogen-bond donors (Lipinski definition) is 0. The Balaban J connectivity index is 1.56. The van der Waals surface area contributed by atoms with Crippen molar-refractivity contribution in [3.05, 3.63) is 101 Å². The van der Waals surface area contributed by atoms with Gasteiger partial charge in [0, 0.05) is 29.0 Å². The number of pyridine rings is 1. The van der Waals surface area contributed by atoms with Crippen molar-refractivity contribution in [3.63, 3.8) is 0 Å². The van der Waals surface area contributed by atoms with Crippen LogP contribution in [0.2, 0.25) is 5.15 Å². The average molecular weight is 486 g/mol. The topological polar surface area (TPSA) is 64.0 Å². The predicted molar refractivity (Wildman–Crippen MR) is 137 cm³/mol. The van der Waals surface area contributed by atoms with E-state index in [1.807, 2.05) is 73.7 Å². The van der Waals surface area contributed by atoms with Crippen molar-refractivity contribution < 1.29 is 14.3 Å². The van der Waals surface area contributed by atoms with Gasteiger partial charge in [-0.3, -0.25) is 4.79 Å². The number of ether oxygens (including phenoxy) is 2. The molecule has 6 nitrogen and oxygen atoms in total. The van der Waals surface area contributed by atoms with Crippen LogP contribution < -0.4 is 9.47 Å². The molecule has 1 aromatic heterocycles. The number of fused-ring (bicyclic) bond motifs is 1. The molecule has 0 spiro atoms. The third-order valence-corrected chi connectivity index (χ3v) is 6.30. The maximum absolute atomic E-state index is 13.5. The van der Waals surface area contributed by atoms with Gasteiger partial charge < -0.3 is 9.47 Å². The summed E-state index contributed by atoms with van der Waals surface area (Å²) in [7, 11) is 1.63. The van der Waals surface area contributed by atoms with E-state index < -0.39 is 6.04 Å². The summed E-state index contributed by atoms with van der Waals surface area (Å²) in [6.07, 6.45) is 0.509. The Hall–Kier alpha value is -3.90. The number of aromatic nitrogens is 1. The molecule has 1 aliphatic heterocycles. The molecule has 176 valence electrons. The first-order valence-corrected chi connectivity index (χ1v) is 11.8. The van der Waals surface area contributed by atoms with Crippen molar-refractivity contribution in [2.24, 2.45) is 5.10 Å². The molecule has 0 aliphatic carbocycles. The summed E-state index contributed by atoms with van der Waals surface area (Å²) in [5.41, 5.74) is 3.76. The second kappa shape index (κ2) is 9.76. The first-order valence-electron chi connectivity index (χ1n) is 11.4. The highest BCUT2D eigenvalue weighted by molar-refractivity contribution is 6.30. The summed E-state index contributed by atoms with van der Waals surface area (Å²) in [5, 5.41) is 7.54. The van der Waals surface area contributed by atoms with Crippen LogP contribution in [0.1, 0.15) is 40.9 Å². The molecule has 7 heteroatoms. The fourth-order valence-electron chi connectivity index (χ4n) is 4.24. The molecular weight excluding hydrogens is 462 g/mol. The van der Waals surface area contributed by atoms with Crippen LogP contribution in [0.15, 0.2) is 84.0 Å². The number of nitrogens with zero attached hydrogens (tertiary/aromatic N) is 3. The molecule has 0 bridgehead atoms. The number of carbonyl (C=O) groups excluding carboxylic acids is 1. The van der Waals surface area contributed by atoms with E-state index >= 15 is 0 Å². The molecular formula is C28H24ClN3O3. The predicted octanol–water partition coefficient (Wildman–Crippen LogP) is 6.29. The van der Waals surface area contributed by atoms with Crippen LogP contribution in [0.5, 0.6) is 11.5 Å². The Morgan fingerprint density at radius 1 is 1.03 bits per heavy atom. The second-order valence-corrected chi connectivity index (χ2v) is 8.52. The zero-order valence-electron chi connectivity index (χ0n) is 19.4. The zero-order valence-corrected chi connectivity index (χ0v) is 20.2. The van der Waals surface area contributed by atoms with Gasteiger partial charge in [0.2, 0.25) is 0 Å². The summed E-state index contributed by atoms with van der Waals surface area (Å²) >= 11 is 6.70. The van der Waals surface area contributed by atoms with Crippen molar-refractivity contribution in [1.29, 1.82) is 0 Å². The number of halogens is 1. The van der Waals surface area contributed by atoms with Gasteiger partial charge in [-0.15, -0.1) is 0 Å². The molecule has 0 saturated heterocycles. The number of benzene rings is 3. The summed E-state index contributed by atoms with van der Waals surface area (Å²) in [6, 6.07) is 24.1. The standard InChI is InChI=1S/C28H24ClN3O3/c1-3-35-22-14-11-20-15-23(27(29)30-24(20)16-22)26-17-25(18-9-12-21(34-2)13-10-18)31-32(26)28(33)19-7-5-4-6-8-19/h4-16,26H,3,17H2,1-2H3/t26-/m1/s1.